The van der Waals surface area contributed by atoms with Crippen molar-refractivity contribution in [2.75, 3.05) is 13.1 Å². The molecule has 1 unspecified atom stereocenters. The minimum Gasteiger partial charge on any atom is -0.337 e. The van der Waals surface area contributed by atoms with Gasteiger partial charge in [-0.15, -0.1) is 0 Å². The molecule has 0 N–H and O–H groups in total. The number of rotatable bonds is 3. The molecule has 1 aliphatic heterocycles. The van der Waals surface area contributed by atoms with Gasteiger partial charge in [-0.1, -0.05) is 38.8 Å². The standard InChI is InChI=1S/C16H24ClN3O/c1-4-12-6-5-8-20(9-7-12)16(21)14-13(17)10-18-15(19-14)11(2)3/h10-12H,4-9H2,1-3H3. The molecule has 21 heavy (non-hydrogen) atoms. The molecule has 0 aliphatic carbocycles. The molecular weight excluding hydrogens is 286 g/mol. The summed E-state index contributed by atoms with van der Waals surface area (Å²) in [5, 5.41) is 0.348. The lowest BCUT2D eigenvalue weighted by atomic mass is 9.98. The normalized spacial score (nSPS) is 19.7. The maximum atomic E-state index is 12.7. The molecule has 0 radical (unpaired) electrons. The largest absolute Gasteiger partial charge is 0.337 e. The Hall–Kier alpha value is -1.16. The van der Waals surface area contributed by atoms with Crippen LogP contribution in [0.2, 0.25) is 5.02 Å². The Kier molecular flexibility index (Phi) is 5.57. The van der Waals surface area contributed by atoms with E-state index in [4.69, 9.17) is 11.6 Å². The Balaban J connectivity index is 2.17. The molecule has 0 saturated carbocycles. The van der Waals surface area contributed by atoms with Gasteiger partial charge in [0.25, 0.3) is 5.91 Å². The van der Waals surface area contributed by atoms with Crippen LogP contribution in [0.25, 0.3) is 0 Å². The van der Waals surface area contributed by atoms with E-state index in [-0.39, 0.29) is 11.8 Å². The Morgan fingerprint density at radius 2 is 2.19 bits per heavy atom. The number of hydrogen-bond acceptors (Lipinski definition) is 3. The third-order valence-corrected chi connectivity index (χ3v) is 4.47. The Morgan fingerprint density at radius 3 is 2.86 bits per heavy atom. The monoisotopic (exact) mass is 309 g/mol. The van der Waals surface area contributed by atoms with E-state index in [0.29, 0.717) is 16.5 Å². The first kappa shape index (κ1) is 16.2. The third-order valence-electron chi connectivity index (χ3n) is 4.19. The van der Waals surface area contributed by atoms with Gasteiger partial charge in [0.15, 0.2) is 5.69 Å². The van der Waals surface area contributed by atoms with Crippen LogP contribution in [0, 0.1) is 5.92 Å². The first-order valence-electron chi connectivity index (χ1n) is 7.84. The second kappa shape index (κ2) is 7.21. The zero-order valence-electron chi connectivity index (χ0n) is 13.1. The van der Waals surface area contributed by atoms with Gasteiger partial charge in [-0.05, 0) is 25.2 Å². The van der Waals surface area contributed by atoms with Gasteiger partial charge in [-0.3, -0.25) is 4.79 Å². The fourth-order valence-electron chi connectivity index (χ4n) is 2.74. The Labute approximate surface area is 131 Å². The SMILES string of the molecule is CCC1CCCN(C(=O)c2nc(C(C)C)ncc2Cl)CC1. The van der Waals surface area contributed by atoms with Crippen molar-refractivity contribution in [2.45, 2.75) is 52.4 Å². The second-order valence-electron chi connectivity index (χ2n) is 6.08. The van der Waals surface area contributed by atoms with Gasteiger partial charge in [0.05, 0.1) is 11.2 Å². The molecule has 5 heteroatoms. The maximum absolute atomic E-state index is 12.7. The highest BCUT2D eigenvalue weighted by molar-refractivity contribution is 6.33. The fourth-order valence-corrected chi connectivity index (χ4v) is 2.91. The van der Waals surface area contributed by atoms with E-state index in [1.165, 1.54) is 12.8 Å². The summed E-state index contributed by atoms with van der Waals surface area (Å²) in [7, 11) is 0. The molecule has 0 aromatic carbocycles. The molecule has 1 aromatic rings. The predicted molar refractivity (Wildman–Crippen MR) is 84.7 cm³/mol. The summed E-state index contributed by atoms with van der Waals surface area (Å²) in [6, 6.07) is 0. The molecule has 1 amide bonds. The summed E-state index contributed by atoms with van der Waals surface area (Å²) in [5.74, 6) is 1.53. The molecule has 1 aliphatic rings. The van der Waals surface area contributed by atoms with Gasteiger partial charge in [-0.25, -0.2) is 9.97 Å². The number of carbonyl (C=O) groups is 1. The third kappa shape index (κ3) is 3.94. The van der Waals surface area contributed by atoms with E-state index < -0.39 is 0 Å². The van der Waals surface area contributed by atoms with E-state index >= 15 is 0 Å². The van der Waals surface area contributed by atoms with E-state index in [1.54, 1.807) is 6.20 Å². The number of amides is 1. The summed E-state index contributed by atoms with van der Waals surface area (Å²) in [4.78, 5) is 23.2. The molecule has 0 spiro atoms. The average Bonchev–Trinajstić information content (AvgIpc) is 2.72. The number of likely N-dealkylation sites (tertiary alicyclic amines) is 1. The fraction of sp³-hybridized carbons (Fsp3) is 0.688. The van der Waals surface area contributed by atoms with Crippen LogP contribution >= 0.6 is 11.6 Å². The summed E-state index contributed by atoms with van der Waals surface area (Å²) in [6.45, 7) is 7.84. The van der Waals surface area contributed by atoms with Crippen LogP contribution < -0.4 is 0 Å². The lowest BCUT2D eigenvalue weighted by molar-refractivity contribution is 0.0753. The highest BCUT2D eigenvalue weighted by Crippen LogP contribution is 2.23. The van der Waals surface area contributed by atoms with E-state index in [9.17, 15) is 4.79 Å². The van der Waals surface area contributed by atoms with Crippen LogP contribution in [-0.4, -0.2) is 33.9 Å². The quantitative estimate of drug-likeness (QED) is 0.850. The van der Waals surface area contributed by atoms with Crippen LogP contribution in [0.3, 0.4) is 0 Å². The molecule has 0 bridgehead atoms. The van der Waals surface area contributed by atoms with E-state index in [0.717, 1.165) is 31.8 Å². The van der Waals surface area contributed by atoms with Crippen molar-refractivity contribution in [2.24, 2.45) is 5.92 Å². The minimum atomic E-state index is -0.0546. The van der Waals surface area contributed by atoms with Crippen molar-refractivity contribution >= 4 is 17.5 Å². The molecule has 1 atom stereocenters. The minimum absolute atomic E-state index is 0.0546. The van der Waals surface area contributed by atoms with Crippen molar-refractivity contribution in [3.05, 3.63) is 22.7 Å². The van der Waals surface area contributed by atoms with Gasteiger partial charge < -0.3 is 4.90 Å². The number of carbonyl (C=O) groups excluding carboxylic acids is 1. The van der Waals surface area contributed by atoms with Crippen LogP contribution in [0.4, 0.5) is 0 Å². The number of halogens is 1. The van der Waals surface area contributed by atoms with Gasteiger partial charge >= 0.3 is 0 Å². The van der Waals surface area contributed by atoms with Gasteiger partial charge in [0, 0.05) is 19.0 Å². The van der Waals surface area contributed by atoms with Crippen LogP contribution in [0.5, 0.6) is 0 Å². The van der Waals surface area contributed by atoms with Crippen molar-refractivity contribution in [3.63, 3.8) is 0 Å². The zero-order valence-corrected chi connectivity index (χ0v) is 13.9. The highest BCUT2D eigenvalue weighted by atomic mass is 35.5. The van der Waals surface area contributed by atoms with E-state index in [2.05, 4.69) is 16.9 Å². The van der Waals surface area contributed by atoms with Crippen LogP contribution in [-0.2, 0) is 0 Å². The first-order valence-corrected chi connectivity index (χ1v) is 8.22. The topological polar surface area (TPSA) is 46.1 Å². The van der Waals surface area contributed by atoms with Crippen LogP contribution in [0.15, 0.2) is 6.20 Å². The lowest BCUT2D eigenvalue weighted by Crippen LogP contribution is -2.33. The second-order valence-corrected chi connectivity index (χ2v) is 6.48. The Bertz CT molecular complexity index is 504. The highest BCUT2D eigenvalue weighted by Gasteiger charge is 2.24. The lowest BCUT2D eigenvalue weighted by Gasteiger charge is -2.21. The summed E-state index contributed by atoms with van der Waals surface area (Å²) < 4.78 is 0. The molecule has 2 rings (SSSR count). The summed E-state index contributed by atoms with van der Waals surface area (Å²) >= 11 is 6.14. The molecule has 1 saturated heterocycles. The maximum Gasteiger partial charge on any atom is 0.274 e. The average molecular weight is 310 g/mol. The molecule has 4 nitrogen and oxygen atoms in total. The summed E-state index contributed by atoms with van der Waals surface area (Å²) in [5.41, 5.74) is 0.352. The smallest absolute Gasteiger partial charge is 0.274 e. The predicted octanol–water partition coefficient (Wildman–Crippen LogP) is 3.91. The number of nitrogens with zero attached hydrogens (tertiary/aromatic N) is 3. The van der Waals surface area contributed by atoms with Crippen molar-refractivity contribution in [1.82, 2.24) is 14.9 Å². The summed E-state index contributed by atoms with van der Waals surface area (Å²) in [6.07, 6.45) is 6.07. The molecular formula is C16H24ClN3O. The molecule has 116 valence electrons. The molecule has 2 heterocycles. The van der Waals surface area contributed by atoms with Crippen molar-refractivity contribution in [3.8, 4) is 0 Å². The molecule has 1 fully saturated rings. The first-order chi connectivity index (χ1) is 10.0. The van der Waals surface area contributed by atoms with Gasteiger partial charge in [-0.2, -0.15) is 0 Å². The van der Waals surface area contributed by atoms with Gasteiger partial charge in [0.1, 0.15) is 5.82 Å². The van der Waals surface area contributed by atoms with Gasteiger partial charge in [0.2, 0.25) is 0 Å². The van der Waals surface area contributed by atoms with E-state index in [1.807, 2.05) is 18.7 Å². The number of hydrogen-bond donors (Lipinski definition) is 0. The van der Waals surface area contributed by atoms with Crippen molar-refractivity contribution < 1.29 is 4.79 Å². The molecule has 1 aromatic heterocycles. The Morgan fingerprint density at radius 1 is 1.43 bits per heavy atom. The number of aromatic nitrogens is 2. The van der Waals surface area contributed by atoms with Crippen LogP contribution in [0.1, 0.15) is 68.7 Å². The van der Waals surface area contributed by atoms with Crippen molar-refractivity contribution in [1.29, 1.82) is 0 Å². The zero-order chi connectivity index (χ0) is 15.4.